The Kier molecular flexibility index (Phi) is 6.03. The first kappa shape index (κ1) is 22.7. The summed E-state index contributed by atoms with van der Waals surface area (Å²) in [5, 5.41) is 5.72. The van der Waals surface area contributed by atoms with Gasteiger partial charge in [0.1, 0.15) is 11.4 Å². The second-order valence-electron chi connectivity index (χ2n) is 9.04. The van der Waals surface area contributed by atoms with E-state index in [9.17, 15) is 9.59 Å². The number of aryl methyl sites for hydroxylation is 2. The highest BCUT2D eigenvalue weighted by Crippen LogP contribution is 2.26. The molecule has 2 aromatic heterocycles. The SMILES string of the molecule is COc1ccc(CCn2nc(C(=O)N(C)C)c3c2CCN(C(=O)c2cc4ccccc4[nH]2)C3)cc1. The van der Waals surface area contributed by atoms with E-state index in [1.54, 1.807) is 26.1 Å². The van der Waals surface area contributed by atoms with Crippen molar-refractivity contribution in [2.45, 2.75) is 25.9 Å². The maximum Gasteiger partial charge on any atom is 0.274 e. The molecule has 0 unspecified atom stereocenters. The summed E-state index contributed by atoms with van der Waals surface area (Å²) in [6, 6.07) is 17.7. The van der Waals surface area contributed by atoms with Crippen LogP contribution in [0.4, 0.5) is 0 Å². The summed E-state index contributed by atoms with van der Waals surface area (Å²) < 4.78 is 7.19. The van der Waals surface area contributed by atoms with Gasteiger partial charge in [-0.3, -0.25) is 14.3 Å². The van der Waals surface area contributed by atoms with Crippen LogP contribution in [-0.2, 0) is 25.9 Å². The average molecular weight is 472 g/mol. The monoisotopic (exact) mass is 471 g/mol. The Hall–Kier alpha value is -4.07. The molecule has 2 aromatic carbocycles. The second-order valence-corrected chi connectivity index (χ2v) is 9.04. The third-order valence-electron chi connectivity index (χ3n) is 6.56. The second kappa shape index (κ2) is 9.29. The van der Waals surface area contributed by atoms with Gasteiger partial charge in [-0.25, -0.2) is 0 Å². The van der Waals surface area contributed by atoms with E-state index in [1.807, 2.05) is 59.3 Å². The molecule has 0 aliphatic carbocycles. The van der Waals surface area contributed by atoms with Crippen LogP contribution in [0, 0.1) is 0 Å². The molecule has 8 heteroatoms. The summed E-state index contributed by atoms with van der Waals surface area (Å²) in [7, 11) is 5.10. The van der Waals surface area contributed by atoms with Crippen LogP contribution in [0.2, 0.25) is 0 Å². The van der Waals surface area contributed by atoms with Gasteiger partial charge in [0.25, 0.3) is 11.8 Å². The lowest BCUT2D eigenvalue weighted by molar-refractivity contribution is 0.0721. The minimum Gasteiger partial charge on any atom is -0.497 e. The fourth-order valence-corrected chi connectivity index (χ4v) is 4.62. The highest BCUT2D eigenvalue weighted by atomic mass is 16.5. The molecular formula is C27H29N5O3. The van der Waals surface area contributed by atoms with Gasteiger partial charge in [-0.05, 0) is 36.2 Å². The number of ether oxygens (including phenoxy) is 1. The normalized spacial score (nSPS) is 13.1. The number of carbonyl (C=O) groups excluding carboxylic acids is 2. The number of aromatic amines is 1. The first-order chi connectivity index (χ1) is 16.9. The zero-order valence-corrected chi connectivity index (χ0v) is 20.2. The van der Waals surface area contributed by atoms with Gasteiger partial charge in [-0.15, -0.1) is 0 Å². The zero-order chi connectivity index (χ0) is 24.5. The number of nitrogens with zero attached hydrogens (tertiary/aromatic N) is 4. The summed E-state index contributed by atoms with van der Waals surface area (Å²) in [4.78, 5) is 32.9. The van der Waals surface area contributed by atoms with Crippen molar-refractivity contribution in [3.05, 3.63) is 82.8 Å². The maximum absolute atomic E-state index is 13.3. The van der Waals surface area contributed by atoms with E-state index in [1.165, 1.54) is 10.5 Å². The van der Waals surface area contributed by atoms with E-state index >= 15 is 0 Å². The zero-order valence-electron chi connectivity index (χ0n) is 20.2. The van der Waals surface area contributed by atoms with Crippen LogP contribution in [0.3, 0.4) is 0 Å². The third-order valence-corrected chi connectivity index (χ3v) is 6.56. The summed E-state index contributed by atoms with van der Waals surface area (Å²) in [6.07, 6.45) is 1.43. The fourth-order valence-electron chi connectivity index (χ4n) is 4.62. The van der Waals surface area contributed by atoms with E-state index < -0.39 is 0 Å². The van der Waals surface area contributed by atoms with Gasteiger partial charge >= 0.3 is 0 Å². The Balaban J connectivity index is 1.40. The van der Waals surface area contributed by atoms with Crippen LogP contribution in [0.1, 0.15) is 37.8 Å². The van der Waals surface area contributed by atoms with Crippen molar-refractivity contribution in [1.29, 1.82) is 0 Å². The first-order valence-electron chi connectivity index (χ1n) is 11.7. The standard InChI is InChI=1S/C27H29N5O3/c1-30(2)27(34)25-21-17-31(26(33)23-16-19-6-4-5-7-22(19)28-23)14-13-24(21)32(29-25)15-12-18-8-10-20(35-3)11-9-18/h4-11,16,28H,12-15,17H2,1-3H3. The van der Waals surface area contributed by atoms with Gasteiger partial charge in [0.15, 0.2) is 5.69 Å². The van der Waals surface area contributed by atoms with Crippen LogP contribution < -0.4 is 4.74 Å². The molecule has 0 radical (unpaired) electrons. The van der Waals surface area contributed by atoms with E-state index in [4.69, 9.17) is 9.84 Å². The molecule has 0 saturated heterocycles. The fraction of sp³-hybridized carbons (Fsp3) is 0.296. The number of fused-ring (bicyclic) bond motifs is 2. The van der Waals surface area contributed by atoms with Gasteiger partial charge in [-0.2, -0.15) is 5.10 Å². The highest BCUT2D eigenvalue weighted by molar-refractivity contribution is 5.98. The van der Waals surface area contributed by atoms with Crippen LogP contribution >= 0.6 is 0 Å². The molecule has 2 amide bonds. The topological polar surface area (TPSA) is 83.5 Å². The summed E-state index contributed by atoms with van der Waals surface area (Å²) in [6.45, 7) is 1.59. The Bertz CT molecular complexity index is 1350. The molecule has 1 aliphatic rings. The van der Waals surface area contributed by atoms with E-state index in [0.717, 1.165) is 34.3 Å². The Morgan fingerprint density at radius 3 is 2.60 bits per heavy atom. The van der Waals surface area contributed by atoms with Gasteiger partial charge < -0.3 is 19.5 Å². The molecule has 8 nitrogen and oxygen atoms in total. The largest absolute Gasteiger partial charge is 0.497 e. The molecule has 3 heterocycles. The maximum atomic E-state index is 13.3. The molecular weight excluding hydrogens is 442 g/mol. The smallest absolute Gasteiger partial charge is 0.274 e. The minimum absolute atomic E-state index is 0.0684. The van der Waals surface area contributed by atoms with Crippen molar-refractivity contribution < 1.29 is 14.3 Å². The van der Waals surface area contributed by atoms with Crippen molar-refractivity contribution in [3.8, 4) is 5.75 Å². The van der Waals surface area contributed by atoms with Crippen molar-refractivity contribution in [1.82, 2.24) is 24.6 Å². The summed E-state index contributed by atoms with van der Waals surface area (Å²) in [5.74, 6) is 0.606. The van der Waals surface area contributed by atoms with Crippen molar-refractivity contribution in [2.75, 3.05) is 27.7 Å². The van der Waals surface area contributed by atoms with Gasteiger partial charge in [0.2, 0.25) is 0 Å². The van der Waals surface area contributed by atoms with Gasteiger partial charge in [0.05, 0.1) is 13.7 Å². The number of hydrogen-bond donors (Lipinski definition) is 1. The number of nitrogens with one attached hydrogen (secondary N) is 1. The molecule has 5 rings (SSSR count). The lowest BCUT2D eigenvalue weighted by Gasteiger charge is -2.27. The van der Waals surface area contributed by atoms with Crippen LogP contribution in [0.5, 0.6) is 5.75 Å². The molecule has 1 aliphatic heterocycles. The molecule has 4 aromatic rings. The Labute approximate surface area is 204 Å². The van der Waals surface area contributed by atoms with Crippen molar-refractivity contribution >= 4 is 22.7 Å². The molecule has 180 valence electrons. The number of hydrogen-bond acceptors (Lipinski definition) is 4. The van der Waals surface area contributed by atoms with Crippen LogP contribution in [0.25, 0.3) is 10.9 Å². The minimum atomic E-state index is -0.149. The van der Waals surface area contributed by atoms with Crippen LogP contribution in [0.15, 0.2) is 54.6 Å². The third kappa shape index (κ3) is 4.39. The molecule has 0 saturated carbocycles. The van der Waals surface area contributed by atoms with E-state index in [0.29, 0.717) is 37.4 Å². The highest BCUT2D eigenvalue weighted by Gasteiger charge is 2.31. The molecule has 0 atom stereocenters. The number of amides is 2. The van der Waals surface area contributed by atoms with Gasteiger partial charge in [0, 0.05) is 55.8 Å². The lowest BCUT2D eigenvalue weighted by Crippen LogP contribution is -2.37. The van der Waals surface area contributed by atoms with Crippen molar-refractivity contribution in [3.63, 3.8) is 0 Å². The quantitative estimate of drug-likeness (QED) is 0.467. The Morgan fingerprint density at radius 1 is 1.11 bits per heavy atom. The predicted molar refractivity (Wildman–Crippen MR) is 134 cm³/mol. The number of methoxy groups -OCH3 is 1. The number of para-hydroxylation sites is 1. The molecule has 0 fully saturated rings. The average Bonchev–Trinajstić information content (AvgIpc) is 3.48. The number of aromatic nitrogens is 3. The number of carbonyl (C=O) groups is 2. The number of H-pyrrole nitrogens is 1. The Morgan fingerprint density at radius 2 is 1.89 bits per heavy atom. The number of benzene rings is 2. The first-order valence-corrected chi connectivity index (χ1v) is 11.7. The molecule has 0 bridgehead atoms. The predicted octanol–water partition coefficient (Wildman–Crippen LogP) is 3.52. The molecule has 1 N–H and O–H groups in total. The van der Waals surface area contributed by atoms with Crippen LogP contribution in [-0.4, -0.2) is 64.1 Å². The summed E-state index contributed by atoms with van der Waals surface area (Å²) in [5.41, 5.74) is 4.96. The molecule has 35 heavy (non-hydrogen) atoms. The van der Waals surface area contributed by atoms with Crippen molar-refractivity contribution in [2.24, 2.45) is 0 Å². The van der Waals surface area contributed by atoms with E-state index in [2.05, 4.69) is 4.98 Å². The van der Waals surface area contributed by atoms with Gasteiger partial charge in [-0.1, -0.05) is 30.3 Å². The van der Waals surface area contributed by atoms with E-state index in [-0.39, 0.29) is 11.8 Å². The molecule has 0 spiro atoms. The summed E-state index contributed by atoms with van der Waals surface area (Å²) >= 11 is 0. The lowest BCUT2D eigenvalue weighted by atomic mass is 10.0. The number of rotatable bonds is 6.